The number of aromatic nitrogens is 2. The molecule has 5 heteroatoms. The van der Waals surface area contributed by atoms with Crippen LogP contribution in [0.25, 0.3) is 0 Å². The molecule has 1 fully saturated rings. The van der Waals surface area contributed by atoms with Gasteiger partial charge in [0.1, 0.15) is 11.6 Å². The maximum absolute atomic E-state index is 12.9. The normalized spacial score (nSPS) is 14.3. The van der Waals surface area contributed by atoms with Crippen LogP contribution in [0, 0.1) is 20.8 Å². The van der Waals surface area contributed by atoms with Crippen molar-refractivity contribution >= 4 is 11.7 Å². The molecule has 172 valence electrons. The zero-order valence-corrected chi connectivity index (χ0v) is 20.1. The van der Waals surface area contributed by atoms with Gasteiger partial charge in [-0.3, -0.25) is 4.79 Å². The van der Waals surface area contributed by atoms with Crippen molar-refractivity contribution in [3.63, 3.8) is 0 Å². The van der Waals surface area contributed by atoms with Crippen molar-refractivity contribution in [3.05, 3.63) is 88.4 Å². The second kappa shape index (κ2) is 10.6. The van der Waals surface area contributed by atoms with Gasteiger partial charge in [0.15, 0.2) is 0 Å². The van der Waals surface area contributed by atoms with Crippen molar-refractivity contribution < 1.29 is 4.79 Å². The minimum absolute atomic E-state index is 0.246. The number of hydrogen-bond acceptors (Lipinski definition) is 4. The standard InChI is InChI=1S/C28H34N4O/c1-21-10-12-25(13-11-21)20-26-22(2)29-23(3)30-28(26)32-17-7-16-31(18-19-32)27(33)15-14-24-8-5-4-6-9-24/h4-6,8-13H,7,14-20H2,1-3H3. The molecule has 33 heavy (non-hydrogen) atoms. The Morgan fingerprint density at radius 3 is 2.36 bits per heavy atom. The van der Waals surface area contributed by atoms with E-state index in [1.54, 1.807) is 0 Å². The average molecular weight is 443 g/mol. The lowest BCUT2D eigenvalue weighted by Gasteiger charge is -2.26. The molecule has 0 saturated carbocycles. The fourth-order valence-corrected chi connectivity index (χ4v) is 4.53. The summed E-state index contributed by atoms with van der Waals surface area (Å²) in [6.07, 6.45) is 3.13. The monoisotopic (exact) mass is 442 g/mol. The van der Waals surface area contributed by atoms with Crippen LogP contribution in [-0.2, 0) is 17.6 Å². The van der Waals surface area contributed by atoms with E-state index >= 15 is 0 Å². The molecule has 1 aliphatic heterocycles. The first-order chi connectivity index (χ1) is 16.0. The Balaban J connectivity index is 1.46. The van der Waals surface area contributed by atoms with E-state index in [4.69, 9.17) is 4.98 Å². The molecule has 1 saturated heterocycles. The second-order valence-electron chi connectivity index (χ2n) is 9.03. The fraction of sp³-hybridized carbons (Fsp3) is 0.393. The van der Waals surface area contributed by atoms with Crippen LogP contribution in [0.3, 0.4) is 0 Å². The van der Waals surface area contributed by atoms with Crippen LogP contribution < -0.4 is 4.90 Å². The minimum atomic E-state index is 0.246. The first-order valence-electron chi connectivity index (χ1n) is 12.0. The van der Waals surface area contributed by atoms with Gasteiger partial charge in [0.2, 0.25) is 5.91 Å². The molecule has 0 bridgehead atoms. The molecule has 0 unspecified atom stereocenters. The molecule has 2 heterocycles. The Kier molecular flexibility index (Phi) is 7.38. The van der Waals surface area contributed by atoms with Crippen molar-refractivity contribution in [2.75, 3.05) is 31.1 Å². The summed E-state index contributed by atoms with van der Waals surface area (Å²) in [6.45, 7) is 9.40. The van der Waals surface area contributed by atoms with Gasteiger partial charge in [-0.25, -0.2) is 9.97 Å². The summed E-state index contributed by atoms with van der Waals surface area (Å²) in [6, 6.07) is 18.9. The molecule has 0 N–H and O–H groups in total. The van der Waals surface area contributed by atoms with Crippen molar-refractivity contribution in [2.45, 2.75) is 46.5 Å². The van der Waals surface area contributed by atoms with Gasteiger partial charge in [-0.2, -0.15) is 0 Å². The largest absolute Gasteiger partial charge is 0.354 e. The highest BCUT2D eigenvalue weighted by Gasteiger charge is 2.23. The lowest BCUT2D eigenvalue weighted by molar-refractivity contribution is -0.130. The topological polar surface area (TPSA) is 49.3 Å². The van der Waals surface area contributed by atoms with Crippen molar-refractivity contribution in [1.82, 2.24) is 14.9 Å². The molecule has 2 aromatic carbocycles. The number of anilines is 1. The van der Waals surface area contributed by atoms with Crippen LogP contribution in [-0.4, -0.2) is 47.0 Å². The highest BCUT2D eigenvalue weighted by Crippen LogP contribution is 2.25. The van der Waals surface area contributed by atoms with Crippen LogP contribution in [0.1, 0.15) is 46.6 Å². The van der Waals surface area contributed by atoms with Crippen molar-refractivity contribution in [3.8, 4) is 0 Å². The van der Waals surface area contributed by atoms with Gasteiger partial charge in [-0.15, -0.1) is 0 Å². The minimum Gasteiger partial charge on any atom is -0.354 e. The van der Waals surface area contributed by atoms with E-state index in [2.05, 4.69) is 60.1 Å². The Bertz CT molecular complexity index is 1080. The number of amides is 1. The van der Waals surface area contributed by atoms with Gasteiger partial charge < -0.3 is 9.80 Å². The molecule has 5 nitrogen and oxygen atoms in total. The molecule has 0 atom stereocenters. The zero-order valence-electron chi connectivity index (χ0n) is 20.1. The van der Waals surface area contributed by atoms with Crippen molar-refractivity contribution in [2.24, 2.45) is 0 Å². The molecular formula is C28H34N4O. The zero-order chi connectivity index (χ0) is 23.2. The number of aryl methyl sites for hydroxylation is 4. The molecule has 4 rings (SSSR count). The highest BCUT2D eigenvalue weighted by atomic mass is 16.2. The summed E-state index contributed by atoms with van der Waals surface area (Å²) in [5.74, 6) is 2.07. The van der Waals surface area contributed by atoms with Crippen LogP contribution in [0.5, 0.6) is 0 Å². The third-order valence-corrected chi connectivity index (χ3v) is 6.42. The lowest BCUT2D eigenvalue weighted by atomic mass is 10.0. The van der Waals surface area contributed by atoms with E-state index in [1.807, 2.05) is 30.0 Å². The summed E-state index contributed by atoms with van der Waals surface area (Å²) in [7, 11) is 0. The number of nitrogens with zero attached hydrogens (tertiary/aromatic N) is 4. The molecule has 1 aliphatic rings. The van der Waals surface area contributed by atoms with Crippen LogP contribution in [0.2, 0.25) is 0 Å². The van der Waals surface area contributed by atoms with Crippen LogP contribution >= 0.6 is 0 Å². The Labute approximate surface area is 197 Å². The Morgan fingerprint density at radius 1 is 0.848 bits per heavy atom. The summed E-state index contributed by atoms with van der Waals surface area (Å²) in [5.41, 5.74) is 5.98. The third-order valence-electron chi connectivity index (χ3n) is 6.42. The summed E-state index contributed by atoms with van der Waals surface area (Å²) in [5, 5.41) is 0. The summed E-state index contributed by atoms with van der Waals surface area (Å²) >= 11 is 0. The Morgan fingerprint density at radius 2 is 1.61 bits per heavy atom. The average Bonchev–Trinajstić information content (AvgIpc) is 3.07. The molecular weight excluding hydrogens is 408 g/mol. The summed E-state index contributed by atoms with van der Waals surface area (Å²) < 4.78 is 0. The number of rotatable bonds is 6. The SMILES string of the molecule is Cc1ccc(Cc2c(C)nc(C)nc2N2CCCN(C(=O)CCc3ccccc3)CC2)cc1. The van der Waals surface area contributed by atoms with Gasteiger partial charge in [-0.1, -0.05) is 60.2 Å². The van der Waals surface area contributed by atoms with Gasteiger partial charge in [-0.05, 0) is 44.7 Å². The van der Waals surface area contributed by atoms with E-state index < -0.39 is 0 Å². The van der Waals surface area contributed by atoms with Crippen molar-refractivity contribution in [1.29, 1.82) is 0 Å². The quantitative estimate of drug-likeness (QED) is 0.557. The third kappa shape index (κ3) is 5.98. The number of hydrogen-bond donors (Lipinski definition) is 0. The smallest absolute Gasteiger partial charge is 0.222 e. The highest BCUT2D eigenvalue weighted by molar-refractivity contribution is 5.76. The molecule has 3 aromatic rings. The molecule has 0 radical (unpaired) electrons. The first kappa shape index (κ1) is 23.0. The second-order valence-corrected chi connectivity index (χ2v) is 9.03. The van der Waals surface area contributed by atoms with E-state index in [-0.39, 0.29) is 5.91 Å². The summed E-state index contributed by atoms with van der Waals surface area (Å²) in [4.78, 5) is 26.8. The van der Waals surface area contributed by atoms with Gasteiger partial charge in [0.25, 0.3) is 0 Å². The fourth-order valence-electron chi connectivity index (χ4n) is 4.53. The maximum atomic E-state index is 12.9. The van der Waals surface area contributed by atoms with Crippen LogP contribution in [0.4, 0.5) is 5.82 Å². The first-order valence-corrected chi connectivity index (χ1v) is 12.0. The van der Waals surface area contributed by atoms with Gasteiger partial charge in [0.05, 0.1) is 0 Å². The van der Waals surface area contributed by atoms with Gasteiger partial charge in [0, 0.05) is 50.3 Å². The van der Waals surface area contributed by atoms with Crippen LogP contribution in [0.15, 0.2) is 54.6 Å². The molecule has 1 aromatic heterocycles. The van der Waals surface area contributed by atoms with E-state index in [9.17, 15) is 4.79 Å². The predicted octanol–water partition coefficient (Wildman–Crippen LogP) is 4.66. The van der Waals surface area contributed by atoms with E-state index in [0.717, 1.165) is 62.8 Å². The van der Waals surface area contributed by atoms with E-state index in [1.165, 1.54) is 22.3 Å². The molecule has 0 aliphatic carbocycles. The Hall–Kier alpha value is -3.21. The number of benzene rings is 2. The molecule has 1 amide bonds. The maximum Gasteiger partial charge on any atom is 0.222 e. The molecule has 0 spiro atoms. The lowest BCUT2D eigenvalue weighted by Crippen LogP contribution is -2.36. The number of carbonyl (C=O) groups excluding carboxylic acids is 1. The predicted molar refractivity (Wildman–Crippen MR) is 134 cm³/mol. The number of carbonyl (C=O) groups is 1. The van der Waals surface area contributed by atoms with Gasteiger partial charge >= 0.3 is 0 Å². The van der Waals surface area contributed by atoms with E-state index in [0.29, 0.717) is 6.42 Å².